The van der Waals surface area contributed by atoms with E-state index in [1.165, 1.54) is 17.0 Å². The number of rotatable bonds is 4. The minimum Gasteiger partial charge on any atom is -0.347 e. The van der Waals surface area contributed by atoms with Gasteiger partial charge >= 0.3 is 0 Å². The summed E-state index contributed by atoms with van der Waals surface area (Å²) in [5.74, 6) is -0.780. The molecule has 0 radical (unpaired) electrons. The lowest BCUT2D eigenvalue weighted by atomic mass is 9.88. The van der Waals surface area contributed by atoms with Gasteiger partial charge in [-0.2, -0.15) is 0 Å². The summed E-state index contributed by atoms with van der Waals surface area (Å²) >= 11 is 0. The SMILES string of the molecule is C=CC(=O)NC(C)(C)C(C)C(=O)n1ccnc1. The van der Waals surface area contributed by atoms with Crippen LogP contribution >= 0.6 is 0 Å². The largest absolute Gasteiger partial charge is 0.347 e. The number of carbonyl (C=O) groups is 2. The molecular weight excluding hydrogens is 218 g/mol. The molecule has 0 spiro atoms. The van der Waals surface area contributed by atoms with Crippen LogP contribution in [-0.4, -0.2) is 26.9 Å². The van der Waals surface area contributed by atoms with E-state index in [-0.39, 0.29) is 17.7 Å². The number of nitrogens with one attached hydrogen (secondary N) is 1. The molecule has 92 valence electrons. The molecular formula is C12H17N3O2. The molecule has 1 unspecified atom stereocenters. The van der Waals surface area contributed by atoms with Crippen LogP contribution in [0.5, 0.6) is 0 Å². The highest BCUT2D eigenvalue weighted by molar-refractivity contribution is 5.89. The molecule has 17 heavy (non-hydrogen) atoms. The molecule has 1 heterocycles. The Morgan fingerprint density at radius 1 is 1.53 bits per heavy atom. The first-order chi connectivity index (χ1) is 7.88. The van der Waals surface area contributed by atoms with Crippen LogP contribution in [0, 0.1) is 5.92 Å². The van der Waals surface area contributed by atoms with E-state index >= 15 is 0 Å². The van der Waals surface area contributed by atoms with Gasteiger partial charge in [-0.05, 0) is 19.9 Å². The van der Waals surface area contributed by atoms with Gasteiger partial charge in [-0.3, -0.25) is 14.2 Å². The van der Waals surface area contributed by atoms with E-state index in [0.717, 1.165) is 0 Å². The molecule has 1 N–H and O–H groups in total. The van der Waals surface area contributed by atoms with Crippen LogP contribution in [0.3, 0.4) is 0 Å². The van der Waals surface area contributed by atoms with Gasteiger partial charge in [0.25, 0.3) is 0 Å². The summed E-state index contributed by atoms with van der Waals surface area (Å²) in [6.45, 7) is 8.76. The summed E-state index contributed by atoms with van der Waals surface area (Å²) in [6, 6.07) is 0. The van der Waals surface area contributed by atoms with Crippen LogP contribution in [0.4, 0.5) is 0 Å². The number of hydrogen-bond acceptors (Lipinski definition) is 3. The molecule has 5 nitrogen and oxygen atoms in total. The van der Waals surface area contributed by atoms with E-state index in [9.17, 15) is 9.59 Å². The number of aromatic nitrogens is 2. The van der Waals surface area contributed by atoms with Crippen LogP contribution in [0.15, 0.2) is 31.4 Å². The highest BCUT2D eigenvalue weighted by Gasteiger charge is 2.32. The second kappa shape index (κ2) is 4.95. The summed E-state index contributed by atoms with van der Waals surface area (Å²) in [5, 5.41) is 2.74. The Kier molecular flexibility index (Phi) is 3.83. The lowest BCUT2D eigenvalue weighted by Crippen LogP contribution is -2.51. The fraction of sp³-hybridized carbons (Fsp3) is 0.417. The predicted octanol–water partition coefficient (Wildman–Crippen LogP) is 1.24. The minimum atomic E-state index is -0.646. The van der Waals surface area contributed by atoms with E-state index in [1.54, 1.807) is 33.2 Å². The molecule has 0 saturated heterocycles. The zero-order chi connectivity index (χ0) is 13.1. The molecule has 1 amide bonds. The molecule has 1 atom stereocenters. The molecule has 1 aromatic heterocycles. The second-order valence-electron chi connectivity index (χ2n) is 4.44. The van der Waals surface area contributed by atoms with Crippen molar-refractivity contribution < 1.29 is 9.59 Å². The van der Waals surface area contributed by atoms with Crippen molar-refractivity contribution in [3.05, 3.63) is 31.4 Å². The van der Waals surface area contributed by atoms with Crippen molar-refractivity contribution >= 4 is 11.8 Å². The first kappa shape index (κ1) is 13.2. The fourth-order valence-electron chi connectivity index (χ4n) is 1.40. The van der Waals surface area contributed by atoms with Gasteiger partial charge in [0, 0.05) is 17.9 Å². The van der Waals surface area contributed by atoms with E-state index in [4.69, 9.17) is 0 Å². The lowest BCUT2D eigenvalue weighted by molar-refractivity contribution is -0.118. The monoisotopic (exact) mass is 235 g/mol. The number of nitrogens with zero attached hydrogens (tertiary/aromatic N) is 2. The first-order valence-corrected chi connectivity index (χ1v) is 5.35. The summed E-state index contributed by atoms with van der Waals surface area (Å²) in [4.78, 5) is 27.2. The average Bonchev–Trinajstić information content (AvgIpc) is 2.79. The number of carbonyl (C=O) groups excluding carboxylic acids is 2. The van der Waals surface area contributed by atoms with E-state index in [2.05, 4.69) is 16.9 Å². The third kappa shape index (κ3) is 3.03. The molecule has 0 aromatic carbocycles. The number of hydrogen-bond donors (Lipinski definition) is 1. The van der Waals surface area contributed by atoms with Crippen LogP contribution in [0.1, 0.15) is 25.6 Å². The first-order valence-electron chi connectivity index (χ1n) is 5.35. The van der Waals surface area contributed by atoms with Gasteiger partial charge < -0.3 is 5.32 Å². The molecule has 0 aliphatic rings. The van der Waals surface area contributed by atoms with Crippen LogP contribution in [-0.2, 0) is 4.79 Å². The summed E-state index contributed by atoms with van der Waals surface area (Å²) in [6.07, 6.45) is 5.77. The molecule has 0 bridgehead atoms. The maximum atomic E-state index is 12.1. The van der Waals surface area contributed by atoms with Gasteiger partial charge in [-0.15, -0.1) is 0 Å². The van der Waals surface area contributed by atoms with Crippen molar-refractivity contribution in [3.8, 4) is 0 Å². The predicted molar refractivity (Wildman–Crippen MR) is 64.4 cm³/mol. The lowest BCUT2D eigenvalue weighted by Gasteiger charge is -2.31. The molecule has 5 heteroatoms. The summed E-state index contributed by atoms with van der Waals surface area (Å²) in [7, 11) is 0. The van der Waals surface area contributed by atoms with Crippen molar-refractivity contribution in [2.45, 2.75) is 26.3 Å². The van der Waals surface area contributed by atoms with Gasteiger partial charge in [-0.1, -0.05) is 13.5 Å². The van der Waals surface area contributed by atoms with E-state index < -0.39 is 5.54 Å². The summed E-state index contributed by atoms with van der Waals surface area (Å²) < 4.78 is 1.41. The Morgan fingerprint density at radius 3 is 2.65 bits per heavy atom. The third-order valence-corrected chi connectivity index (χ3v) is 2.84. The van der Waals surface area contributed by atoms with Crippen molar-refractivity contribution in [2.24, 2.45) is 5.92 Å². The van der Waals surface area contributed by atoms with Crippen molar-refractivity contribution in [2.75, 3.05) is 0 Å². The Balaban J connectivity index is 2.81. The van der Waals surface area contributed by atoms with Gasteiger partial charge in [0.2, 0.25) is 11.8 Å². The number of imidazole rings is 1. The highest BCUT2D eigenvalue weighted by atomic mass is 16.2. The molecule has 0 aliphatic heterocycles. The molecule has 0 aliphatic carbocycles. The maximum absolute atomic E-state index is 12.1. The molecule has 1 rings (SSSR count). The van der Waals surface area contributed by atoms with Crippen molar-refractivity contribution in [1.82, 2.24) is 14.9 Å². The molecule has 1 aromatic rings. The van der Waals surface area contributed by atoms with Crippen LogP contribution in [0.25, 0.3) is 0 Å². The quantitative estimate of drug-likeness (QED) is 0.798. The molecule has 0 fully saturated rings. The van der Waals surface area contributed by atoms with Crippen LogP contribution in [0.2, 0.25) is 0 Å². The van der Waals surface area contributed by atoms with E-state index in [1.807, 2.05) is 0 Å². The maximum Gasteiger partial charge on any atom is 0.243 e. The smallest absolute Gasteiger partial charge is 0.243 e. The third-order valence-electron chi connectivity index (χ3n) is 2.84. The average molecular weight is 235 g/mol. The highest BCUT2D eigenvalue weighted by Crippen LogP contribution is 2.18. The zero-order valence-electron chi connectivity index (χ0n) is 10.3. The van der Waals surface area contributed by atoms with Crippen LogP contribution < -0.4 is 5.32 Å². The van der Waals surface area contributed by atoms with Crippen molar-refractivity contribution in [1.29, 1.82) is 0 Å². The zero-order valence-corrected chi connectivity index (χ0v) is 10.3. The number of amides is 1. The van der Waals surface area contributed by atoms with Gasteiger partial charge in [0.1, 0.15) is 6.33 Å². The topological polar surface area (TPSA) is 64.0 Å². The van der Waals surface area contributed by atoms with E-state index in [0.29, 0.717) is 0 Å². The van der Waals surface area contributed by atoms with Gasteiger partial charge in [0.15, 0.2) is 0 Å². The van der Waals surface area contributed by atoms with Gasteiger partial charge in [0.05, 0.1) is 5.92 Å². The van der Waals surface area contributed by atoms with Crippen molar-refractivity contribution in [3.63, 3.8) is 0 Å². The standard InChI is InChI=1S/C12H17N3O2/c1-5-10(16)14-12(3,4)9(2)11(17)15-7-6-13-8-15/h5-9H,1H2,2-4H3,(H,14,16). The Bertz CT molecular complexity index is 421. The Morgan fingerprint density at radius 2 is 2.18 bits per heavy atom. The summed E-state index contributed by atoms with van der Waals surface area (Å²) in [5.41, 5.74) is -0.646. The minimum absolute atomic E-state index is 0.114. The van der Waals surface area contributed by atoms with Gasteiger partial charge in [-0.25, -0.2) is 4.98 Å². The fourth-order valence-corrected chi connectivity index (χ4v) is 1.40. The second-order valence-corrected chi connectivity index (χ2v) is 4.44. The normalized spacial score (nSPS) is 12.9. The Hall–Kier alpha value is -1.91. The molecule has 0 saturated carbocycles. The Labute approximate surface area is 101 Å².